The average molecular weight is 520 g/mol. The summed E-state index contributed by atoms with van der Waals surface area (Å²) in [4.78, 5) is 2.76. The maximum atomic E-state index is 11.5. The third-order valence-corrected chi connectivity index (χ3v) is 6.12. The molecule has 38 heavy (non-hydrogen) atoms. The summed E-state index contributed by atoms with van der Waals surface area (Å²) in [5.74, 6) is 0. The van der Waals surface area contributed by atoms with Crippen LogP contribution in [0.2, 0.25) is 0 Å². The fourth-order valence-corrected chi connectivity index (χ4v) is 4.20. The highest BCUT2D eigenvalue weighted by Gasteiger charge is 2.47. The van der Waals surface area contributed by atoms with Gasteiger partial charge in [0.25, 0.3) is 0 Å². The maximum Gasteiger partial charge on any atom is 0.186 e. The summed E-state index contributed by atoms with van der Waals surface area (Å²) in [7, 11) is 0. The monoisotopic (exact) mass is 519 g/mol. The molecule has 3 aromatic carbocycles. The van der Waals surface area contributed by atoms with Gasteiger partial charge in [0.15, 0.2) is 6.29 Å². The zero-order valence-corrected chi connectivity index (χ0v) is 21.1. The van der Waals surface area contributed by atoms with Crippen LogP contribution in [0.4, 0.5) is 0 Å². The Balaban J connectivity index is 1.48. The van der Waals surface area contributed by atoms with Crippen LogP contribution < -0.4 is 0 Å². The van der Waals surface area contributed by atoms with Crippen LogP contribution in [-0.2, 0) is 43.5 Å². The largest absolute Gasteiger partial charge is 0.387 e. The maximum absolute atomic E-state index is 11.5. The van der Waals surface area contributed by atoms with Gasteiger partial charge < -0.3 is 28.8 Å². The highest BCUT2D eigenvalue weighted by molar-refractivity contribution is 5.15. The van der Waals surface area contributed by atoms with Gasteiger partial charge in [-0.3, -0.25) is 0 Å². The zero-order chi connectivity index (χ0) is 26.4. The Morgan fingerprint density at radius 1 is 0.737 bits per heavy atom. The number of benzene rings is 3. The topological polar surface area (TPSA) is 115 Å². The Morgan fingerprint density at radius 3 is 1.82 bits per heavy atom. The molecule has 0 radical (unpaired) electrons. The van der Waals surface area contributed by atoms with Crippen LogP contribution >= 0.6 is 0 Å². The van der Waals surface area contributed by atoms with Crippen LogP contribution in [0.1, 0.15) is 16.7 Å². The van der Waals surface area contributed by atoms with Gasteiger partial charge in [-0.1, -0.05) is 96.1 Å². The summed E-state index contributed by atoms with van der Waals surface area (Å²) in [6.45, 7) is 1.34. The molecule has 0 bridgehead atoms. The van der Waals surface area contributed by atoms with Gasteiger partial charge >= 0.3 is 0 Å². The van der Waals surface area contributed by atoms with Crippen molar-refractivity contribution in [3.8, 4) is 0 Å². The van der Waals surface area contributed by atoms with Gasteiger partial charge in [-0.25, -0.2) is 0 Å². The molecular formula is C29H33N3O6. The van der Waals surface area contributed by atoms with Crippen molar-refractivity contribution < 1.29 is 28.8 Å². The van der Waals surface area contributed by atoms with Crippen molar-refractivity contribution in [3.63, 3.8) is 0 Å². The molecule has 1 heterocycles. The van der Waals surface area contributed by atoms with Crippen molar-refractivity contribution in [3.05, 3.63) is 118 Å². The van der Waals surface area contributed by atoms with Gasteiger partial charge in [0.05, 0.1) is 33.0 Å². The lowest BCUT2D eigenvalue weighted by Crippen LogP contribution is -2.61. The van der Waals surface area contributed by atoms with E-state index in [0.717, 1.165) is 16.7 Å². The SMILES string of the molecule is [N-]=[N+]=NCCO[C@H]1O[C@H](COCc2ccccc2)[C@@H](OCc2ccccc2)[C@H](O)[C@@H]1OCc1ccccc1. The zero-order valence-electron chi connectivity index (χ0n) is 21.1. The first-order valence-electron chi connectivity index (χ1n) is 12.6. The first-order chi connectivity index (χ1) is 18.7. The number of aliphatic hydroxyl groups is 1. The summed E-state index contributed by atoms with van der Waals surface area (Å²) in [5.41, 5.74) is 11.5. The molecule has 1 saturated heterocycles. The van der Waals surface area contributed by atoms with E-state index in [9.17, 15) is 5.11 Å². The molecule has 4 rings (SSSR count). The van der Waals surface area contributed by atoms with E-state index < -0.39 is 30.7 Å². The Labute approximate surface area is 222 Å². The van der Waals surface area contributed by atoms with Crippen LogP contribution in [0.25, 0.3) is 10.4 Å². The standard InChI is InChI=1S/C29H33N3O6/c30-32-31-16-17-35-29-28(37-20-24-14-8-3-9-15-24)26(33)27(36-19-23-12-6-2-7-13-23)25(38-29)21-34-18-22-10-4-1-5-11-22/h1-15,25-29,33H,16-21H2/t25-,26+,27-,28+,29+/m1/s1. The number of aliphatic hydroxyl groups excluding tert-OH is 1. The van der Waals surface area contributed by atoms with E-state index in [4.69, 9.17) is 29.2 Å². The highest BCUT2D eigenvalue weighted by atomic mass is 16.7. The van der Waals surface area contributed by atoms with E-state index in [1.807, 2.05) is 91.0 Å². The quantitative estimate of drug-likeness (QED) is 0.142. The fourth-order valence-electron chi connectivity index (χ4n) is 4.20. The molecule has 0 spiro atoms. The van der Waals surface area contributed by atoms with Gasteiger partial charge in [-0.15, -0.1) is 0 Å². The van der Waals surface area contributed by atoms with Crippen molar-refractivity contribution in [2.75, 3.05) is 19.8 Å². The summed E-state index contributed by atoms with van der Waals surface area (Å²) in [6, 6.07) is 29.2. The molecule has 3 aromatic rings. The van der Waals surface area contributed by atoms with Crippen molar-refractivity contribution in [2.24, 2.45) is 5.11 Å². The minimum Gasteiger partial charge on any atom is -0.387 e. The number of rotatable bonds is 14. The Morgan fingerprint density at radius 2 is 1.26 bits per heavy atom. The minimum atomic E-state index is -1.06. The molecular weight excluding hydrogens is 486 g/mol. The lowest BCUT2D eigenvalue weighted by Gasteiger charge is -2.44. The second-order valence-electron chi connectivity index (χ2n) is 8.88. The van der Waals surface area contributed by atoms with Gasteiger partial charge in [0, 0.05) is 11.5 Å². The van der Waals surface area contributed by atoms with E-state index in [2.05, 4.69) is 10.0 Å². The number of ether oxygens (including phenoxy) is 5. The van der Waals surface area contributed by atoms with Crippen molar-refractivity contribution in [2.45, 2.75) is 50.5 Å². The van der Waals surface area contributed by atoms with Crippen molar-refractivity contribution in [1.29, 1.82) is 0 Å². The third-order valence-electron chi connectivity index (χ3n) is 6.12. The number of nitrogens with zero attached hydrogens (tertiary/aromatic N) is 3. The van der Waals surface area contributed by atoms with Crippen LogP contribution in [0.3, 0.4) is 0 Å². The summed E-state index contributed by atoms with van der Waals surface area (Å²) < 4.78 is 30.5. The van der Waals surface area contributed by atoms with E-state index in [1.54, 1.807) is 0 Å². The molecule has 1 aliphatic heterocycles. The van der Waals surface area contributed by atoms with Gasteiger partial charge in [-0.2, -0.15) is 0 Å². The third kappa shape index (κ3) is 8.37. The lowest BCUT2D eigenvalue weighted by molar-refractivity contribution is -0.320. The average Bonchev–Trinajstić information content (AvgIpc) is 2.96. The van der Waals surface area contributed by atoms with E-state index >= 15 is 0 Å². The minimum absolute atomic E-state index is 0.111. The van der Waals surface area contributed by atoms with Gasteiger partial charge in [0.1, 0.15) is 24.4 Å². The van der Waals surface area contributed by atoms with Crippen molar-refractivity contribution >= 4 is 0 Å². The van der Waals surface area contributed by atoms with Crippen LogP contribution in [0.5, 0.6) is 0 Å². The molecule has 0 saturated carbocycles. The second kappa shape index (κ2) is 15.2. The summed E-state index contributed by atoms with van der Waals surface area (Å²) in [5, 5.41) is 15.0. The fraction of sp³-hybridized carbons (Fsp3) is 0.379. The van der Waals surface area contributed by atoms with Gasteiger partial charge in [0.2, 0.25) is 0 Å². The molecule has 200 valence electrons. The molecule has 0 aromatic heterocycles. The molecule has 0 unspecified atom stereocenters. The van der Waals surface area contributed by atoms with E-state index in [1.165, 1.54) is 0 Å². The molecule has 5 atom stereocenters. The predicted octanol–water partition coefficient (Wildman–Crippen LogP) is 4.79. The molecule has 1 aliphatic rings. The van der Waals surface area contributed by atoms with Crippen LogP contribution in [0, 0.1) is 0 Å². The Bertz CT molecular complexity index is 1110. The molecule has 0 amide bonds. The molecule has 9 heteroatoms. The Kier molecular flexibility index (Phi) is 11.1. The summed E-state index contributed by atoms with van der Waals surface area (Å²) >= 11 is 0. The first kappa shape index (κ1) is 27.8. The smallest absolute Gasteiger partial charge is 0.186 e. The number of hydrogen-bond acceptors (Lipinski definition) is 7. The molecule has 9 nitrogen and oxygen atoms in total. The van der Waals surface area contributed by atoms with E-state index in [-0.39, 0.29) is 33.0 Å². The first-order valence-corrected chi connectivity index (χ1v) is 12.6. The molecule has 0 aliphatic carbocycles. The lowest BCUT2D eigenvalue weighted by atomic mass is 9.98. The second-order valence-corrected chi connectivity index (χ2v) is 8.88. The number of azide groups is 1. The highest BCUT2D eigenvalue weighted by Crippen LogP contribution is 2.29. The summed E-state index contributed by atoms with van der Waals surface area (Å²) in [6.07, 6.45) is -4.18. The van der Waals surface area contributed by atoms with Crippen molar-refractivity contribution in [1.82, 2.24) is 0 Å². The number of hydrogen-bond donors (Lipinski definition) is 1. The van der Waals surface area contributed by atoms with Crippen LogP contribution in [0.15, 0.2) is 96.1 Å². The Hall–Kier alpha value is -3.27. The van der Waals surface area contributed by atoms with E-state index in [0.29, 0.717) is 6.61 Å². The van der Waals surface area contributed by atoms with Gasteiger partial charge in [-0.05, 0) is 22.2 Å². The van der Waals surface area contributed by atoms with Crippen LogP contribution in [-0.4, -0.2) is 55.6 Å². The molecule has 1 N–H and O–H groups in total. The normalized spacial score (nSPS) is 23.0. The molecule has 1 fully saturated rings. The predicted molar refractivity (Wildman–Crippen MR) is 141 cm³/mol.